The molecule has 0 aromatic heterocycles. The molecule has 2 atom stereocenters. The minimum Gasteiger partial charge on any atom is -0.444 e. The lowest BCUT2D eigenvalue weighted by Gasteiger charge is -2.39. The second-order valence-electron chi connectivity index (χ2n) is 7.78. The number of hydrogen-bond donors (Lipinski definition) is 0. The van der Waals surface area contributed by atoms with Gasteiger partial charge in [-0.25, -0.2) is 4.79 Å². The average molecular weight is 325 g/mol. The van der Waals surface area contributed by atoms with Crippen molar-refractivity contribution in [1.29, 1.82) is 0 Å². The van der Waals surface area contributed by atoms with E-state index in [1.165, 1.54) is 0 Å². The van der Waals surface area contributed by atoms with E-state index in [0.29, 0.717) is 19.6 Å². The van der Waals surface area contributed by atoms with Gasteiger partial charge in [-0.3, -0.25) is 4.79 Å². The molecule has 6 nitrogen and oxygen atoms in total. The maximum Gasteiger partial charge on any atom is 0.410 e. The third-order valence-electron chi connectivity index (χ3n) is 4.85. The number of nitrogens with zero attached hydrogens (tertiary/aromatic N) is 1. The number of fused-ring (bicyclic) bond motifs is 2. The summed E-state index contributed by atoms with van der Waals surface area (Å²) < 4.78 is 16.3. The summed E-state index contributed by atoms with van der Waals surface area (Å²) in [6.45, 7) is 6.78. The second-order valence-corrected chi connectivity index (χ2v) is 7.78. The van der Waals surface area contributed by atoms with Gasteiger partial charge in [0.25, 0.3) is 0 Å². The van der Waals surface area contributed by atoms with Gasteiger partial charge in [-0.05, 0) is 46.5 Å². The van der Waals surface area contributed by atoms with Crippen molar-refractivity contribution in [3.63, 3.8) is 0 Å². The van der Waals surface area contributed by atoms with E-state index in [4.69, 9.17) is 14.2 Å². The molecule has 2 bridgehead atoms. The molecule has 0 radical (unpaired) electrons. The first-order valence-electron chi connectivity index (χ1n) is 8.61. The predicted octanol–water partition coefficient (Wildman–Crippen LogP) is 2.50. The van der Waals surface area contributed by atoms with Gasteiger partial charge in [-0.2, -0.15) is 0 Å². The Bertz CT molecular complexity index is 452. The molecule has 3 aliphatic rings. The quantitative estimate of drug-likeness (QED) is 0.797. The normalized spacial score (nSPS) is 31.4. The average Bonchev–Trinajstić information content (AvgIpc) is 3.03. The molecule has 23 heavy (non-hydrogen) atoms. The molecule has 3 fully saturated rings. The fraction of sp³-hybridized carbons (Fsp3) is 0.882. The molecular formula is C17H27NO5. The van der Waals surface area contributed by atoms with Crippen LogP contribution in [0.5, 0.6) is 0 Å². The molecule has 0 N–H and O–H groups in total. The summed E-state index contributed by atoms with van der Waals surface area (Å²) in [4.78, 5) is 26.8. The van der Waals surface area contributed by atoms with Gasteiger partial charge < -0.3 is 19.1 Å². The number of Topliss-reactive ketones (excluding diaryl/α,β-unsaturated/α-hetero) is 1. The smallest absolute Gasteiger partial charge is 0.410 e. The molecule has 0 aromatic rings. The summed E-state index contributed by atoms with van der Waals surface area (Å²) in [6, 6.07) is 0.255. The van der Waals surface area contributed by atoms with E-state index >= 15 is 0 Å². The second kappa shape index (κ2) is 6.40. The maximum absolute atomic E-state index is 12.5. The molecule has 3 rings (SSSR count). The van der Waals surface area contributed by atoms with Crippen molar-refractivity contribution in [3.8, 4) is 0 Å². The molecule has 130 valence electrons. The Hall–Kier alpha value is -1.14. The van der Waals surface area contributed by atoms with E-state index in [-0.39, 0.29) is 36.2 Å². The van der Waals surface area contributed by atoms with Crippen LogP contribution >= 0.6 is 0 Å². The number of amides is 1. The highest BCUT2D eigenvalue weighted by molar-refractivity contribution is 5.82. The van der Waals surface area contributed by atoms with Crippen LogP contribution in [-0.2, 0) is 19.0 Å². The zero-order valence-corrected chi connectivity index (χ0v) is 14.2. The summed E-state index contributed by atoms with van der Waals surface area (Å²) in [7, 11) is 0. The molecule has 0 aliphatic carbocycles. The topological polar surface area (TPSA) is 65.1 Å². The molecular weight excluding hydrogens is 298 g/mol. The third kappa shape index (κ3) is 3.86. The summed E-state index contributed by atoms with van der Waals surface area (Å²) in [5.74, 6) is 0.219. The van der Waals surface area contributed by atoms with Crippen molar-refractivity contribution < 1.29 is 23.8 Å². The number of carbonyl (C=O) groups excluding carboxylic acids is 2. The third-order valence-corrected chi connectivity index (χ3v) is 4.85. The highest BCUT2D eigenvalue weighted by Gasteiger charge is 2.46. The highest BCUT2D eigenvalue weighted by Crippen LogP contribution is 2.40. The van der Waals surface area contributed by atoms with E-state index < -0.39 is 5.60 Å². The Morgan fingerprint density at radius 1 is 1.09 bits per heavy atom. The first-order valence-corrected chi connectivity index (χ1v) is 8.61. The number of piperidine rings is 1. The van der Waals surface area contributed by atoms with Gasteiger partial charge >= 0.3 is 6.09 Å². The van der Waals surface area contributed by atoms with E-state index in [1.54, 1.807) is 0 Å². The van der Waals surface area contributed by atoms with Gasteiger partial charge in [0.2, 0.25) is 0 Å². The van der Waals surface area contributed by atoms with Crippen molar-refractivity contribution in [2.24, 2.45) is 5.92 Å². The molecule has 0 saturated carbocycles. The van der Waals surface area contributed by atoms with E-state index in [9.17, 15) is 9.59 Å². The number of carbonyl (C=O) groups is 2. The molecule has 3 saturated heterocycles. The predicted molar refractivity (Wildman–Crippen MR) is 82.9 cm³/mol. The summed E-state index contributed by atoms with van der Waals surface area (Å²) >= 11 is 0. The van der Waals surface area contributed by atoms with Gasteiger partial charge in [-0.15, -0.1) is 0 Å². The Morgan fingerprint density at radius 3 is 2.17 bits per heavy atom. The van der Waals surface area contributed by atoms with Crippen molar-refractivity contribution in [3.05, 3.63) is 0 Å². The van der Waals surface area contributed by atoms with Crippen LogP contribution < -0.4 is 0 Å². The van der Waals surface area contributed by atoms with Crippen molar-refractivity contribution >= 4 is 11.9 Å². The highest BCUT2D eigenvalue weighted by atomic mass is 16.7. The van der Waals surface area contributed by atoms with Crippen molar-refractivity contribution in [2.45, 2.75) is 76.9 Å². The Kier molecular flexibility index (Phi) is 4.65. The van der Waals surface area contributed by atoms with Crippen LogP contribution in [0.15, 0.2) is 0 Å². The van der Waals surface area contributed by atoms with Gasteiger partial charge in [0.15, 0.2) is 6.29 Å². The standard InChI is InChI=1S/C17H27NO5/c1-17(2,3)23-16(20)18-12-4-5-13(18)9-11(8-12)14(19)10-15-21-6-7-22-15/h11-13,15H,4-10H2,1-3H3. The maximum atomic E-state index is 12.5. The van der Waals surface area contributed by atoms with Crippen LogP contribution in [0.3, 0.4) is 0 Å². The Balaban J connectivity index is 1.58. The number of rotatable bonds is 3. The van der Waals surface area contributed by atoms with Crippen LogP contribution in [0.1, 0.15) is 52.9 Å². The largest absolute Gasteiger partial charge is 0.444 e. The van der Waals surface area contributed by atoms with Gasteiger partial charge in [0, 0.05) is 18.0 Å². The lowest BCUT2D eigenvalue weighted by molar-refractivity contribution is -0.133. The van der Waals surface area contributed by atoms with Crippen LogP contribution in [0, 0.1) is 5.92 Å². The number of ketones is 1. The zero-order valence-electron chi connectivity index (χ0n) is 14.2. The fourth-order valence-corrected chi connectivity index (χ4v) is 3.91. The van der Waals surface area contributed by atoms with E-state index in [1.807, 2.05) is 25.7 Å². The SMILES string of the molecule is CC(C)(C)OC(=O)N1C2CCC1CC(C(=O)CC1OCCO1)C2. The van der Waals surface area contributed by atoms with Gasteiger partial charge in [-0.1, -0.05) is 0 Å². The summed E-state index contributed by atoms with van der Waals surface area (Å²) in [5, 5.41) is 0. The monoisotopic (exact) mass is 325 g/mol. The van der Waals surface area contributed by atoms with Crippen LogP contribution in [0.25, 0.3) is 0 Å². The number of hydrogen-bond acceptors (Lipinski definition) is 5. The van der Waals surface area contributed by atoms with Crippen LogP contribution in [0.4, 0.5) is 4.79 Å². The zero-order chi connectivity index (χ0) is 16.6. The molecule has 3 aliphatic heterocycles. The molecule has 0 aromatic carbocycles. The van der Waals surface area contributed by atoms with Crippen molar-refractivity contribution in [2.75, 3.05) is 13.2 Å². The van der Waals surface area contributed by atoms with E-state index in [0.717, 1.165) is 25.7 Å². The first-order chi connectivity index (χ1) is 10.8. The van der Waals surface area contributed by atoms with E-state index in [2.05, 4.69) is 0 Å². The van der Waals surface area contributed by atoms with Crippen LogP contribution in [0.2, 0.25) is 0 Å². The molecule has 6 heteroatoms. The van der Waals surface area contributed by atoms with Crippen LogP contribution in [-0.4, -0.2) is 54.0 Å². The summed E-state index contributed by atoms with van der Waals surface area (Å²) in [5.41, 5.74) is -0.486. The minimum atomic E-state index is -0.486. The molecule has 0 spiro atoms. The Morgan fingerprint density at radius 2 is 1.65 bits per heavy atom. The molecule has 2 unspecified atom stereocenters. The fourth-order valence-electron chi connectivity index (χ4n) is 3.91. The minimum absolute atomic E-state index is 0.0130. The Labute approximate surface area is 137 Å². The lowest BCUT2D eigenvalue weighted by Crippen LogP contribution is -2.49. The first kappa shape index (κ1) is 16.7. The summed E-state index contributed by atoms with van der Waals surface area (Å²) in [6.07, 6.45) is 3.12. The van der Waals surface area contributed by atoms with Gasteiger partial charge in [0.1, 0.15) is 11.4 Å². The molecule has 3 heterocycles. The van der Waals surface area contributed by atoms with Gasteiger partial charge in [0.05, 0.1) is 19.6 Å². The molecule has 1 amide bonds. The number of ether oxygens (including phenoxy) is 3. The lowest BCUT2D eigenvalue weighted by atomic mass is 9.86. The van der Waals surface area contributed by atoms with Crippen molar-refractivity contribution in [1.82, 2.24) is 4.90 Å².